The average molecular weight is 454 g/mol. The number of nitriles is 1. The molecule has 0 radical (unpaired) electrons. The molecule has 0 unspecified atom stereocenters. The van der Waals surface area contributed by atoms with Crippen LogP contribution in [0.2, 0.25) is 0 Å². The largest absolute Gasteiger partial charge is 0.311 e. The molecule has 0 atom stereocenters. The van der Waals surface area contributed by atoms with Gasteiger partial charge in [0.25, 0.3) is 0 Å². The molecule has 6 rings (SSSR count). The molecule has 0 aliphatic carbocycles. The molecule has 1 aliphatic rings. The molecular formula is C28H18N6O. The Balaban J connectivity index is 1.48. The van der Waals surface area contributed by atoms with Gasteiger partial charge in [0.2, 0.25) is 5.91 Å². The first-order chi connectivity index (χ1) is 17.2. The van der Waals surface area contributed by atoms with E-state index in [-0.39, 0.29) is 5.91 Å². The normalized spacial score (nSPS) is 13.1. The SMILES string of the molecule is N#Cc1cc(-n2cnc3cnc4ccc(C#Cc5cccnc5)cc4c32)ccc1N1CCCC1=O. The topological polar surface area (TPSA) is 87.7 Å². The maximum absolute atomic E-state index is 12.2. The summed E-state index contributed by atoms with van der Waals surface area (Å²) in [4.78, 5) is 27.1. The molecule has 1 saturated heterocycles. The van der Waals surface area contributed by atoms with Crippen molar-refractivity contribution in [3.63, 3.8) is 0 Å². The number of amides is 1. The third-order valence-electron chi connectivity index (χ3n) is 6.13. The van der Waals surface area contributed by atoms with Crippen molar-refractivity contribution in [3.8, 4) is 23.6 Å². The van der Waals surface area contributed by atoms with Crippen LogP contribution in [0.15, 0.2) is 73.4 Å². The minimum Gasteiger partial charge on any atom is -0.311 e. The van der Waals surface area contributed by atoms with E-state index in [4.69, 9.17) is 0 Å². The fraction of sp³-hybridized carbons (Fsp3) is 0.107. The molecule has 1 fully saturated rings. The van der Waals surface area contributed by atoms with Crippen molar-refractivity contribution < 1.29 is 4.79 Å². The Morgan fingerprint density at radius 2 is 1.86 bits per heavy atom. The smallest absolute Gasteiger partial charge is 0.227 e. The second kappa shape index (κ2) is 8.40. The zero-order chi connectivity index (χ0) is 23.8. The number of benzene rings is 2. The highest BCUT2D eigenvalue weighted by atomic mass is 16.2. The molecule has 0 saturated carbocycles. The second-order valence-electron chi connectivity index (χ2n) is 8.29. The Morgan fingerprint density at radius 1 is 0.943 bits per heavy atom. The van der Waals surface area contributed by atoms with E-state index in [0.717, 1.165) is 45.2 Å². The summed E-state index contributed by atoms with van der Waals surface area (Å²) in [5.41, 5.74) is 6.05. The van der Waals surface area contributed by atoms with E-state index in [0.29, 0.717) is 24.2 Å². The average Bonchev–Trinajstić information content (AvgIpc) is 3.54. The van der Waals surface area contributed by atoms with Gasteiger partial charge in [-0.2, -0.15) is 5.26 Å². The summed E-state index contributed by atoms with van der Waals surface area (Å²) in [5.74, 6) is 6.40. The predicted octanol–water partition coefficient (Wildman–Crippen LogP) is 4.37. The molecule has 7 heteroatoms. The van der Waals surface area contributed by atoms with Gasteiger partial charge in [-0.15, -0.1) is 0 Å². The number of hydrogen-bond donors (Lipinski definition) is 0. The minimum absolute atomic E-state index is 0.0549. The Labute approximate surface area is 201 Å². The monoisotopic (exact) mass is 454 g/mol. The Morgan fingerprint density at radius 3 is 2.66 bits per heavy atom. The first-order valence-electron chi connectivity index (χ1n) is 11.2. The second-order valence-corrected chi connectivity index (χ2v) is 8.29. The van der Waals surface area contributed by atoms with Crippen molar-refractivity contribution >= 4 is 33.5 Å². The molecule has 1 amide bonds. The van der Waals surface area contributed by atoms with Crippen LogP contribution in [0.4, 0.5) is 5.69 Å². The van der Waals surface area contributed by atoms with Gasteiger partial charge in [-0.1, -0.05) is 11.8 Å². The van der Waals surface area contributed by atoms with Crippen LogP contribution in [0.25, 0.3) is 27.6 Å². The van der Waals surface area contributed by atoms with Crippen molar-refractivity contribution in [1.82, 2.24) is 19.5 Å². The van der Waals surface area contributed by atoms with Gasteiger partial charge in [0.05, 0.1) is 28.5 Å². The van der Waals surface area contributed by atoms with Gasteiger partial charge >= 0.3 is 0 Å². The van der Waals surface area contributed by atoms with Crippen molar-refractivity contribution in [2.75, 3.05) is 11.4 Å². The summed E-state index contributed by atoms with van der Waals surface area (Å²) < 4.78 is 1.95. The Hall–Kier alpha value is -5.01. The van der Waals surface area contributed by atoms with Crippen molar-refractivity contribution in [3.05, 3.63) is 90.1 Å². The Kier molecular flexibility index (Phi) is 4.94. The maximum Gasteiger partial charge on any atom is 0.227 e. The molecule has 2 aromatic carbocycles. The number of rotatable bonds is 2. The van der Waals surface area contributed by atoms with E-state index < -0.39 is 0 Å². The molecule has 4 heterocycles. The molecule has 5 aromatic rings. The van der Waals surface area contributed by atoms with E-state index in [1.165, 1.54) is 0 Å². The summed E-state index contributed by atoms with van der Waals surface area (Å²) in [7, 11) is 0. The summed E-state index contributed by atoms with van der Waals surface area (Å²) in [5, 5.41) is 10.7. The molecule has 7 nitrogen and oxygen atoms in total. The first-order valence-corrected chi connectivity index (χ1v) is 11.2. The maximum atomic E-state index is 12.2. The van der Waals surface area contributed by atoms with Gasteiger partial charge in [-0.25, -0.2) is 4.98 Å². The van der Waals surface area contributed by atoms with Gasteiger partial charge in [-0.05, 0) is 55.0 Å². The number of aromatic nitrogens is 4. The van der Waals surface area contributed by atoms with Crippen LogP contribution in [-0.4, -0.2) is 32.0 Å². The first kappa shape index (κ1) is 20.6. The van der Waals surface area contributed by atoms with Gasteiger partial charge in [-0.3, -0.25) is 19.3 Å². The van der Waals surface area contributed by atoms with E-state index in [9.17, 15) is 10.1 Å². The van der Waals surface area contributed by atoms with Crippen molar-refractivity contribution in [2.24, 2.45) is 0 Å². The lowest BCUT2D eigenvalue weighted by molar-refractivity contribution is -0.117. The van der Waals surface area contributed by atoms with Crippen molar-refractivity contribution in [2.45, 2.75) is 12.8 Å². The number of anilines is 1. The Bertz CT molecular complexity index is 1720. The molecular weight excluding hydrogens is 436 g/mol. The highest BCUT2D eigenvalue weighted by Gasteiger charge is 2.24. The standard InChI is InChI=1S/C28H18N6O/c29-15-21-14-22(8-10-26(21)33-12-2-4-27(33)35)34-18-32-25-17-31-24-9-7-19(13-23(24)28(25)34)5-6-20-3-1-11-30-16-20/h1,3,7-11,13-14,16-18H,2,4,12H2. The van der Waals surface area contributed by atoms with Crippen LogP contribution in [-0.2, 0) is 4.79 Å². The number of hydrogen-bond acceptors (Lipinski definition) is 5. The fourth-order valence-electron chi connectivity index (χ4n) is 4.45. The lowest BCUT2D eigenvalue weighted by Crippen LogP contribution is -2.24. The molecule has 35 heavy (non-hydrogen) atoms. The van der Waals surface area contributed by atoms with Crippen LogP contribution < -0.4 is 4.90 Å². The van der Waals surface area contributed by atoms with Crippen LogP contribution in [0.1, 0.15) is 29.5 Å². The summed E-state index contributed by atoms with van der Waals surface area (Å²) in [6.07, 6.45) is 8.26. The lowest BCUT2D eigenvalue weighted by Gasteiger charge is -2.18. The van der Waals surface area contributed by atoms with Crippen molar-refractivity contribution in [1.29, 1.82) is 5.26 Å². The highest BCUT2D eigenvalue weighted by molar-refractivity contribution is 6.03. The number of carbonyl (C=O) groups is 1. The number of imidazole rings is 1. The number of pyridine rings is 2. The zero-order valence-electron chi connectivity index (χ0n) is 18.6. The third-order valence-corrected chi connectivity index (χ3v) is 6.13. The van der Waals surface area contributed by atoms with Crippen LogP contribution in [0.5, 0.6) is 0 Å². The molecule has 166 valence electrons. The summed E-state index contributed by atoms with van der Waals surface area (Å²) >= 11 is 0. The third kappa shape index (κ3) is 3.66. The van der Waals surface area contributed by atoms with E-state index in [1.807, 2.05) is 47.0 Å². The molecule has 0 N–H and O–H groups in total. The lowest BCUT2D eigenvalue weighted by atomic mass is 10.1. The molecule has 0 spiro atoms. The zero-order valence-corrected chi connectivity index (χ0v) is 18.6. The van der Waals surface area contributed by atoms with Crippen LogP contribution in [0.3, 0.4) is 0 Å². The molecule has 3 aromatic heterocycles. The molecule has 1 aliphatic heterocycles. The quantitative estimate of drug-likeness (QED) is 0.370. The van der Waals surface area contributed by atoms with Gasteiger partial charge < -0.3 is 4.90 Å². The fourth-order valence-corrected chi connectivity index (χ4v) is 4.45. The number of nitrogens with zero attached hydrogens (tertiary/aromatic N) is 6. The van der Waals surface area contributed by atoms with Crippen LogP contribution >= 0.6 is 0 Å². The van der Waals surface area contributed by atoms with E-state index >= 15 is 0 Å². The highest BCUT2D eigenvalue weighted by Crippen LogP contribution is 2.30. The summed E-state index contributed by atoms with van der Waals surface area (Å²) in [6.45, 7) is 0.639. The number of fused-ring (bicyclic) bond motifs is 3. The van der Waals surface area contributed by atoms with E-state index in [1.54, 1.807) is 35.9 Å². The van der Waals surface area contributed by atoms with Gasteiger partial charge in [0, 0.05) is 47.6 Å². The molecule has 0 bridgehead atoms. The van der Waals surface area contributed by atoms with Gasteiger partial charge in [0.1, 0.15) is 17.9 Å². The minimum atomic E-state index is 0.0549. The predicted molar refractivity (Wildman–Crippen MR) is 133 cm³/mol. The number of carbonyl (C=O) groups excluding carboxylic acids is 1. The van der Waals surface area contributed by atoms with Gasteiger partial charge in [0.15, 0.2) is 0 Å². The van der Waals surface area contributed by atoms with Crippen LogP contribution in [0, 0.1) is 23.2 Å². The van der Waals surface area contributed by atoms with E-state index in [2.05, 4.69) is 32.9 Å². The summed E-state index contributed by atoms with van der Waals surface area (Å²) in [6, 6.07) is 17.5.